The van der Waals surface area contributed by atoms with Crippen molar-refractivity contribution in [1.82, 2.24) is 0 Å². The van der Waals surface area contributed by atoms with Crippen molar-refractivity contribution in [3.63, 3.8) is 0 Å². The summed E-state index contributed by atoms with van der Waals surface area (Å²) in [6.45, 7) is 59.2. The zero-order chi connectivity index (χ0) is 88.1. The SMILES string of the molecule is CCCCc1ccccc1OCC(C)C.CCCCc1ccccc1OCC(C)C.CCCCc1ccccc1O[C@@H](C)CC.CCCCc1ccccc1O[C@H](C)CC.CCCOc1ccccc1C[C@@H](C)CC.CCCOc1ccccc1[C@@H](C)CCC.CCCOc1ccccc1[C@H](C)CCC.[CH2-][C@@H](C)Cc1ccccc1OCCC.[W]. The number of unbranched alkanes of at least 4 members (excludes halogenated alkanes) is 4. The molecule has 9 heteroatoms. The van der Waals surface area contributed by atoms with Gasteiger partial charge in [-0.3, -0.25) is 0 Å². The molecular weight excluding hydrogens is 1650 g/mol. The Morgan fingerprint density at radius 2 is 0.508 bits per heavy atom. The number of hydrogen-bond donors (Lipinski definition) is 0. The van der Waals surface area contributed by atoms with Crippen molar-refractivity contribution in [2.24, 2.45) is 23.7 Å². The van der Waals surface area contributed by atoms with Crippen molar-refractivity contribution in [3.8, 4) is 46.0 Å². The molecule has 0 aliphatic rings. The van der Waals surface area contributed by atoms with Crippen molar-refractivity contribution >= 4 is 0 Å². The van der Waals surface area contributed by atoms with Gasteiger partial charge in [-0.25, -0.2) is 0 Å². The van der Waals surface area contributed by atoms with Gasteiger partial charge >= 0.3 is 0 Å². The fraction of sp³-hybridized carbons (Fsp3) is 0.559. The van der Waals surface area contributed by atoms with Crippen LogP contribution in [0.5, 0.6) is 46.0 Å². The van der Waals surface area contributed by atoms with Crippen LogP contribution in [0.15, 0.2) is 194 Å². The van der Waals surface area contributed by atoms with Gasteiger partial charge in [0.05, 0.1) is 51.8 Å². The van der Waals surface area contributed by atoms with Gasteiger partial charge < -0.3 is 44.8 Å². The Morgan fingerprint density at radius 1 is 0.258 bits per heavy atom. The van der Waals surface area contributed by atoms with E-state index in [0.29, 0.717) is 41.8 Å². The first-order valence-electron chi connectivity index (χ1n) is 47.2. The van der Waals surface area contributed by atoms with E-state index in [0.717, 1.165) is 169 Å². The quantitative estimate of drug-likeness (QED) is 0.0349. The van der Waals surface area contributed by atoms with Crippen LogP contribution in [0.3, 0.4) is 0 Å². The molecule has 0 amide bonds. The van der Waals surface area contributed by atoms with E-state index in [1.165, 1.54) is 128 Å². The average molecular weight is 1820 g/mol. The summed E-state index contributed by atoms with van der Waals surface area (Å²) in [5.74, 6) is 12.0. The molecule has 0 aliphatic carbocycles. The summed E-state index contributed by atoms with van der Waals surface area (Å²) in [4.78, 5) is 0. The Balaban J connectivity index is 0.00000135. The van der Waals surface area contributed by atoms with Crippen LogP contribution in [0.1, 0.15) is 338 Å². The Kier molecular flexibility index (Phi) is 70.0. The molecule has 0 N–H and O–H groups in total. The number of ether oxygens (including phenoxy) is 8. The van der Waals surface area contributed by atoms with E-state index in [-0.39, 0.29) is 21.1 Å². The van der Waals surface area contributed by atoms with Gasteiger partial charge in [0, 0.05) is 21.1 Å². The Labute approximate surface area is 752 Å². The van der Waals surface area contributed by atoms with Gasteiger partial charge in [0.2, 0.25) is 0 Å². The van der Waals surface area contributed by atoms with Crippen LogP contribution in [0, 0.1) is 30.6 Å². The molecule has 0 unspecified atom stereocenters. The predicted molar refractivity (Wildman–Crippen MR) is 519 cm³/mol. The van der Waals surface area contributed by atoms with Crippen LogP contribution < -0.4 is 37.9 Å². The van der Waals surface area contributed by atoms with E-state index >= 15 is 0 Å². The van der Waals surface area contributed by atoms with Crippen molar-refractivity contribution < 1.29 is 59.0 Å². The van der Waals surface area contributed by atoms with E-state index in [2.05, 4.69) is 306 Å². The molecule has 0 spiro atoms. The minimum Gasteiger partial charge on any atom is -0.493 e. The molecule has 0 saturated carbocycles. The van der Waals surface area contributed by atoms with Gasteiger partial charge in [0.15, 0.2) is 0 Å². The van der Waals surface area contributed by atoms with Gasteiger partial charge in [-0.05, 0) is 252 Å². The Bertz CT molecular complexity index is 3390. The second-order valence-corrected chi connectivity index (χ2v) is 33.0. The van der Waals surface area contributed by atoms with Gasteiger partial charge in [0.1, 0.15) is 46.0 Å². The first kappa shape index (κ1) is 113. The van der Waals surface area contributed by atoms with E-state index < -0.39 is 0 Å². The largest absolute Gasteiger partial charge is 0.493 e. The standard InChI is InChI=1S/7C14H22O.C13H19O.W/c2*1-4-5-8-13-9-6-7-10-14(13)15-11-12(2)3;1-4-10-15-14-9-7-6-8-13(14)11-12(3)5-2;2*1-4-8-12(3)13-9-6-7-10-14(13)15-11-5-2;2*1-4-6-9-13-10-7-8-11-14(13)15-12(3)5-2;1-4-9-14-13-8-6-5-7-12(13)10-11(2)3;/h2*6-7,9-10,12H,4-5,8,11H2,1-3H3;6-9,12H,4-5,10-11H2,1-3H3;2*6-7,9-10,12H,4-5,8,11H2,1-3H3;2*7-8,10-12H,4-6,9H2,1-3H3;5-8,11H,2,4,9-10H2,1,3H3;/q;;;;;;;-1;/t;;5*12-;11-;/m..010100./s1. The van der Waals surface area contributed by atoms with Crippen LogP contribution in [-0.4, -0.2) is 51.8 Å². The van der Waals surface area contributed by atoms with Gasteiger partial charge in [-0.2, -0.15) is 5.92 Å². The fourth-order valence-electron chi connectivity index (χ4n) is 12.5. The summed E-state index contributed by atoms with van der Waals surface area (Å²) in [7, 11) is 0. The monoisotopic (exact) mass is 1820 g/mol. The molecule has 120 heavy (non-hydrogen) atoms. The molecule has 8 nitrogen and oxygen atoms in total. The van der Waals surface area contributed by atoms with E-state index in [4.69, 9.17) is 37.9 Å². The van der Waals surface area contributed by atoms with E-state index in [9.17, 15) is 0 Å². The topological polar surface area (TPSA) is 73.8 Å². The van der Waals surface area contributed by atoms with Crippen LogP contribution in [0.2, 0.25) is 0 Å². The maximum atomic E-state index is 5.89. The Morgan fingerprint density at radius 3 is 0.775 bits per heavy atom. The molecule has 8 rings (SSSR count). The molecule has 6 atom stereocenters. The van der Waals surface area contributed by atoms with E-state index in [1.807, 2.05) is 54.6 Å². The van der Waals surface area contributed by atoms with Gasteiger partial charge in [-0.1, -0.05) is 336 Å². The second-order valence-electron chi connectivity index (χ2n) is 33.0. The molecular formula is C111H173O8W-. The van der Waals surface area contributed by atoms with Crippen molar-refractivity contribution in [2.45, 2.75) is 344 Å². The number of benzene rings is 8. The third-order valence-electron chi connectivity index (χ3n) is 20.0. The maximum absolute atomic E-state index is 5.89. The van der Waals surface area contributed by atoms with Gasteiger partial charge in [0.25, 0.3) is 0 Å². The van der Waals surface area contributed by atoms with Crippen molar-refractivity contribution in [2.75, 3.05) is 39.6 Å². The van der Waals surface area contributed by atoms with E-state index in [1.54, 1.807) is 0 Å². The number of hydrogen-bond acceptors (Lipinski definition) is 8. The smallest absolute Gasteiger partial charge is 0.122 e. The first-order chi connectivity index (χ1) is 57.6. The normalized spacial score (nSPS) is 11.9. The maximum Gasteiger partial charge on any atom is 0.122 e. The van der Waals surface area contributed by atoms with Crippen molar-refractivity contribution in [3.05, 3.63) is 246 Å². The summed E-state index contributed by atoms with van der Waals surface area (Å²) >= 11 is 0. The predicted octanol–water partition coefficient (Wildman–Crippen LogP) is 32.8. The summed E-state index contributed by atoms with van der Waals surface area (Å²) in [6.07, 6.45) is 29.6. The molecule has 672 valence electrons. The third-order valence-corrected chi connectivity index (χ3v) is 20.0. The minimum absolute atomic E-state index is 0. The average Bonchev–Trinajstić information content (AvgIpc) is 0.858. The summed E-state index contributed by atoms with van der Waals surface area (Å²) in [5.41, 5.74) is 10.7. The summed E-state index contributed by atoms with van der Waals surface area (Å²) in [6, 6.07) is 67.0. The van der Waals surface area contributed by atoms with Crippen LogP contribution in [0.4, 0.5) is 0 Å². The fourth-order valence-corrected chi connectivity index (χ4v) is 12.5. The molecule has 8 aromatic rings. The molecule has 0 aromatic heterocycles. The molecule has 0 bridgehead atoms. The third kappa shape index (κ3) is 53.0. The number of aryl methyl sites for hydroxylation is 4. The molecule has 0 aliphatic heterocycles. The van der Waals surface area contributed by atoms with Crippen LogP contribution in [0.25, 0.3) is 0 Å². The van der Waals surface area contributed by atoms with Crippen LogP contribution in [-0.2, 0) is 59.6 Å². The second kappa shape index (κ2) is 74.5. The molecule has 0 heterocycles. The minimum atomic E-state index is 0. The zero-order valence-electron chi connectivity index (χ0n) is 80.4. The molecule has 0 fully saturated rings. The summed E-state index contributed by atoms with van der Waals surface area (Å²) < 4.78 is 46.3. The Hall–Kier alpha value is -7.15. The summed E-state index contributed by atoms with van der Waals surface area (Å²) in [5, 5.41) is 0. The van der Waals surface area contributed by atoms with Gasteiger partial charge in [-0.15, -0.1) is 0 Å². The zero-order valence-corrected chi connectivity index (χ0v) is 83.3. The number of rotatable bonds is 47. The number of para-hydroxylation sites is 8. The van der Waals surface area contributed by atoms with Crippen molar-refractivity contribution in [1.29, 1.82) is 0 Å². The van der Waals surface area contributed by atoms with Crippen LogP contribution >= 0.6 is 0 Å². The molecule has 8 aromatic carbocycles. The molecule has 0 radical (unpaired) electrons. The first-order valence-corrected chi connectivity index (χ1v) is 47.2. The molecule has 0 saturated heterocycles.